The summed E-state index contributed by atoms with van der Waals surface area (Å²) in [6.45, 7) is 7.33. The number of anilines is 1. The predicted molar refractivity (Wildman–Crippen MR) is 69.8 cm³/mol. The van der Waals surface area contributed by atoms with Crippen LogP contribution < -0.4 is 10.6 Å². The summed E-state index contributed by atoms with van der Waals surface area (Å²) in [6, 6.07) is 1.93. The Labute approximate surface area is 101 Å². The van der Waals surface area contributed by atoms with E-state index >= 15 is 0 Å². The molecule has 0 aliphatic heterocycles. The minimum Gasteiger partial charge on any atom is -0.325 e. The van der Waals surface area contributed by atoms with Gasteiger partial charge in [0.2, 0.25) is 5.91 Å². The number of nitrogens with one attached hydrogen (secondary N) is 2. The predicted octanol–water partition coefficient (Wildman–Crippen LogP) is 2.76. The van der Waals surface area contributed by atoms with E-state index in [2.05, 4.69) is 30.6 Å². The fourth-order valence-electron chi connectivity index (χ4n) is 1.24. The van der Waals surface area contributed by atoms with Gasteiger partial charge in [-0.05, 0) is 25.3 Å². The molecule has 2 N–H and O–H groups in total. The molecule has 0 aromatic carbocycles. The first-order valence-corrected chi connectivity index (χ1v) is 6.15. The molecule has 3 nitrogen and oxygen atoms in total. The minimum absolute atomic E-state index is 0.0241. The number of thiophene rings is 1. The summed E-state index contributed by atoms with van der Waals surface area (Å²) in [5.41, 5.74) is 2.22. The molecule has 88 valence electrons. The summed E-state index contributed by atoms with van der Waals surface area (Å²) in [7, 11) is 0. The van der Waals surface area contributed by atoms with Crippen LogP contribution in [-0.4, -0.2) is 12.5 Å². The second-order valence-electron chi connectivity index (χ2n) is 3.85. The molecular weight excluding hydrogens is 220 g/mol. The molecule has 0 saturated carbocycles. The van der Waals surface area contributed by atoms with E-state index in [9.17, 15) is 4.79 Å². The smallest absolute Gasteiger partial charge is 0.221 e. The average Bonchev–Trinajstić information content (AvgIpc) is 2.59. The first-order chi connectivity index (χ1) is 7.59. The van der Waals surface area contributed by atoms with E-state index in [1.807, 2.05) is 11.4 Å². The van der Waals surface area contributed by atoms with E-state index in [0.29, 0.717) is 0 Å². The Hall–Kier alpha value is -1.13. The fraction of sp³-hybridized carbons (Fsp3) is 0.417. The molecule has 0 bridgehead atoms. The highest BCUT2D eigenvalue weighted by atomic mass is 32.1. The SMILES string of the molecule is CC(=O)Nc1ccsc1CNCC=C(C)C. The summed E-state index contributed by atoms with van der Waals surface area (Å²) < 4.78 is 0. The lowest BCUT2D eigenvalue weighted by Gasteiger charge is -2.04. The van der Waals surface area contributed by atoms with Crippen LogP contribution in [0.5, 0.6) is 0 Å². The number of hydrogen-bond donors (Lipinski definition) is 2. The third-order valence-corrected chi connectivity index (χ3v) is 2.92. The largest absolute Gasteiger partial charge is 0.325 e. The Kier molecular flexibility index (Phi) is 5.22. The highest BCUT2D eigenvalue weighted by Crippen LogP contribution is 2.21. The van der Waals surface area contributed by atoms with E-state index in [0.717, 1.165) is 23.7 Å². The quantitative estimate of drug-likeness (QED) is 0.612. The topological polar surface area (TPSA) is 41.1 Å². The van der Waals surface area contributed by atoms with Gasteiger partial charge in [-0.25, -0.2) is 0 Å². The zero-order valence-corrected chi connectivity index (χ0v) is 10.8. The molecule has 1 amide bonds. The number of hydrogen-bond acceptors (Lipinski definition) is 3. The summed E-state index contributed by atoms with van der Waals surface area (Å²) in [5.74, 6) is -0.0241. The van der Waals surface area contributed by atoms with Gasteiger partial charge in [0.25, 0.3) is 0 Å². The van der Waals surface area contributed by atoms with Gasteiger partial charge in [0, 0.05) is 24.9 Å². The number of amides is 1. The summed E-state index contributed by atoms with van der Waals surface area (Å²) in [5, 5.41) is 8.12. The second kappa shape index (κ2) is 6.45. The van der Waals surface area contributed by atoms with E-state index < -0.39 is 0 Å². The van der Waals surface area contributed by atoms with Crippen molar-refractivity contribution in [2.75, 3.05) is 11.9 Å². The zero-order chi connectivity index (χ0) is 12.0. The maximum atomic E-state index is 10.9. The maximum Gasteiger partial charge on any atom is 0.221 e. The van der Waals surface area contributed by atoms with Crippen LogP contribution in [0.2, 0.25) is 0 Å². The lowest BCUT2D eigenvalue weighted by atomic mass is 10.3. The van der Waals surface area contributed by atoms with E-state index in [-0.39, 0.29) is 5.91 Å². The van der Waals surface area contributed by atoms with Crippen molar-refractivity contribution in [3.05, 3.63) is 28.0 Å². The molecule has 1 aromatic rings. The van der Waals surface area contributed by atoms with Crippen molar-refractivity contribution in [3.8, 4) is 0 Å². The van der Waals surface area contributed by atoms with E-state index in [1.54, 1.807) is 11.3 Å². The molecule has 0 saturated heterocycles. The molecule has 1 heterocycles. The highest BCUT2D eigenvalue weighted by molar-refractivity contribution is 7.10. The average molecular weight is 238 g/mol. The van der Waals surface area contributed by atoms with Crippen molar-refractivity contribution in [3.63, 3.8) is 0 Å². The van der Waals surface area contributed by atoms with Crippen molar-refractivity contribution in [1.29, 1.82) is 0 Å². The second-order valence-corrected chi connectivity index (χ2v) is 4.85. The van der Waals surface area contributed by atoms with Gasteiger partial charge in [0.05, 0.1) is 5.69 Å². The standard InChI is InChI=1S/C12H18N2OS/c1-9(2)4-6-13-8-12-11(5-7-16-12)14-10(3)15/h4-5,7,13H,6,8H2,1-3H3,(H,14,15). The highest BCUT2D eigenvalue weighted by Gasteiger charge is 2.04. The normalized spacial score (nSPS) is 9.94. The summed E-state index contributed by atoms with van der Waals surface area (Å²) in [6.07, 6.45) is 2.14. The number of carbonyl (C=O) groups is 1. The monoisotopic (exact) mass is 238 g/mol. The van der Waals surface area contributed by atoms with Gasteiger partial charge in [-0.2, -0.15) is 0 Å². The molecule has 4 heteroatoms. The molecule has 0 atom stereocenters. The summed E-state index contributed by atoms with van der Waals surface area (Å²) in [4.78, 5) is 12.1. The molecule has 0 spiro atoms. The van der Waals surface area contributed by atoms with Gasteiger partial charge < -0.3 is 10.6 Å². The van der Waals surface area contributed by atoms with Crippen LogP contribution in [-0.2, 0) is 11.3 Å². The Bertz CT molecular complexity index is 378. The van der Waals surface area contributed by atoms with Crippen molar-refractivity contribution in [1.82, 2.24) is 5.32 Å². The Morgan fingerprint density at radius 2 is 2.19 bits per heavy atom. The van der Waals surface area contributed by atoms with Gasteiger partial charge in [-0.1, -0.05) is 11.6 Å². The van der Waals surface area contributed by atoms with Gasteiger partial charge in [-0.15, -0.1) is 11.3 Å². The molecule has 16 heavy (non-hydrogen) atoms. The molecule has 0 unspecified atom stereocenters. The Balaban J connectivity index is 2.44. The Morgan fingerprint density at radius 1 is 1.44 bits per heavy atom. The molecule has 0 radical (unpaired) electrons. The van der Waals surface area contributed by atoms with Crippen LogP contribution in [0.1, 0.15) is 25.6 Å². The van der Waals surface area contributed by atoms with Crippen molar-refractivity contribution >= 4 is 22.9 Å². The third kappa shape index (κ3) is 4.59. The van der Waals surface area contributed by atoms with Crippen LogP contribution in [0.25, 0.3) is 0 Å². The molecule has 0 aliphatic rings. The zero-order valence-electron chi connectivity index (χ0n) is 9.96. The molecule has 0 aliphatic carbocycles. The van der Waals surface area contributed by atoms with Crippen molar-refractivity contribution < 1.29 is 4.79 Å². The van der Waals surface area contributed by atoms with Crippen LogP contribution in [0, 0.1) is 0 Å². The molecule has 1 rings (SSSR count). The van der Waals surface area contributed by atoms with Gasteiger partial charge in [0.1, 0.15) is 0 Å². The molecule has 1 aromatic heterocycles. The van der Waals surface area contributed by atoms with Crippen LogP contribution in [0.3, 0.4) is 0 Å². The first-order valence-electron chi connectivity index (χ1n) is 5.27. The van der Waals surface area contributed by atoms with Crippen molar-refractivity contribution in [2.45, 2.75) is 27.3 Å². The number of allylic oxidation sites excluding steroid dienone is 1. The van der Waals surface area contributed by atoms with Crippen molar-refractivity contribution in [2.24, 2.45) is 0 Å². The number of carbonyl (C=O) groups excluding carboxylic acids is 1. The minimum atomic E-state index is -0.0241. The van der Waals surface area contributed by atoms with Gasteiger partial charge in [-0.3, -0.25) is 4.79 Å². The van der Waals surface area contributed by atoms with Gasteiger partial charge >= 0.3 is 0 Å². The molecular formula is C12H18N2OS. The maximum absolute atomic E-state index is 10.9. The Morgan fingerprint density at radius 3 is 2.81 bits per heavy atom. The van der Waals surface area contributed by atoms with Gasteiger partial charge in [0.15, 0.2) is 0 Å². The van der Waals surface area contributed by atoms with E-state index in [1.165, 1.54) is 12.5 Å². The molecule has 0 fully saturated rings. The lowest BCUT2D eigenvalue weighted by Crippen LogP contribution is -2.14. The van der Waals surface area contributed by atoms with Crippen LogP contribution in [0.4, 0.5) is 5.69 Å². The van der Waals surface area contributed by atoms with E-state index in [4.69, 9.17) is 0 Å². The van der Waals surface area contributed by atoms with Crippen LogP contribution >= 0.6 is 11.3 Å². The number of rotatable bonds is 5. The summed E-state index contributed by atoms with van der Waals surface area (Å²) >= 11 is 1.65. The van der Waals surface area contributed by atoms with Crippen LogP contribution in [0.15, 0.2) is 23.1 Å². The lowest BCUT2D eigenvalue weighted by molar-refractivity contribution is -0.114. The third-order valence-electron chi connectivity index (χ3n) is 2.00. The fourth-order valence-corrected chi connectivity index (χ4v) is 2.04. The first kappa shape index (κ1) is 12.9.